The van der Waals surface area contributed by atoms with Crippen LogP contribution in [0.3, 0.4) is 0 Å². The van der Waals surface area contributed by atoms with E-state index in [-0.39, 0.29) is 0 Å². The van der Waals surface area contributed by atoms with Crippen molar-refractivity contribution in [3.8, 4) is 0 Å². The third kappa shape index (κ3) is 0.790. The van der Waals surface area contributed by atoms with E-state index >= 15 is 0 Å². The lowest BCUT2D eigenvalue weighted by atomic mass is 10.5. The molecule has 2 heterocycles. The Balaban J connectivity index is 2.92. The molecule has 0 fully saturated rings. The molecular weight excluding hydrogens is 140 g/mol. The minimum atomic E-state index is 0.903. The van der Waals surface area contributed by atoms with Crippen molar-refractivity contribution >= 4 is 11.0 Å². The van der Waals surface area contributed by atoms with Crippen LogP contribution in [-0.2, 0) is 7.05 Å². The number of imidazole rings is 1. The normalized spacial score (nSPS) is 10.7. The van der Waals surface area contributed by atoms with Gasteiger partial charge < -0.3 is 4.57 Å². The van der Waals surface area contributed by atoms with Crippen LogP contribution in [0.25, 0.3) is 11.0 Å². The van der Waals surface area contributed by atoms with Gasteiger partial charge in [0.25, 0.3) is 0 Å². The number of aryl methyl sites for hydroxylation is 2. The van der Waals surface area contributed by atoms with E-state index in [1.54, 1.807) is 12.4 Å². The molecule has 0 aliphatic carbocycles. The molecule has 2 rings (SSSR count). The van der Waals surface area contributed by atoms with Gasteiger partial charge in [-0.05, 0) is 6.92 Å². The zero-order valence-corrected chi connectivity index (χ0v) is 6.44. The molecular formula is C7H8N4. The molecule has 0 aliphatic rings. The van der Waals surface area contributed by atoms with Crippen molar-refractivity contribution in [2.24, 2.45) is 7.05 Å². The molecule has 0 aromatic carbocycles. The van der Waals surface area contributed by atoms with E-state index in [0.29, 0.717) is 0 Å². The average molecular weight is 148 g/mol. The number of rotatable bonds is 0. The van der Waals surface area contributed by atoms with E-state index in [4.69, 9.17) is 0 Å². The predicted octanol–water partition coefficient (Wildman–Crippen LogP) is 0.672. The highest BCUT2D eigenvalue weighted by molar-refractivity contribution is 5.73. The molecule has 11 heavy (non-hydrogen) atoms. The molecule has 2 aromatic rings. The van der Waals surface area contributed by atoms with E-state index in [2.05, 4.69) is 15.2 Å². The second kappa shape index (κ2) is 2.02. The van der Waals surface area contributed by atoms with Crippen molar-refractivity contribution in [3.05, 3.63) is 18.2 Å². The van der Waals surface area contributed by atoms with Crippen molar-refractivity contribution in [2.75, 3.05) is 0 Å². The first-order chi connectivity index (χ1) is 5.29. The lowest BCUT2D eigenvalue weighted by Gasteiger charge is -1.92. The van der Waals surface area contributed by atoms with E-state index < -0.39 is 0 Å². The van der Waals surface area contributed by atoms with Gasteiger partial charge in [0.15, 0.2) is 0 Å². The molecule has 0 spiro atoms. The maximum atomic E-state index is 4.27. The molecule has 56 valence electrons. The van der Waals surface area contributed by atoms with Crippen molar-refractivity contribution in [1.29, 1.82) is 0 Å². The molecule has 2 aromatic heterocycles. The van der Waals surface area contributed by atoms with E-state index in [9.17, 15) is 0 Å². The molecule has 0 saturated carbocycles. The molecule has 0 bridgehead atoms. The fourth-order valence-corrected chi connectivity index (χ4v) is 1.08. The minimum absolute atomic E-state index is 0.903. The molecule has 4 nitrogen and oxygen atoms in total. The molecule has 0 aliphatic heterocycles. The van der Waals surface area contributed by atoms with Crippen molar-refractivity contribution in [2.45, 2.75) is 6.92 Å². The van der Waals surface area contributed by atoms with Gasteiger partial charge in [0.1, 0.15) is 11.3 Å². The second-order valence-electron chi connectivity index (χ2n) is 2.48. The Hall–Kier alpha value is -1.45. The standard InChI is InChI=1S/C7H8N4/c1-5-10-6-3-8-9-4-7(6)11(5)2/h3-4H,1-2H3. The maximum Gasteiger partial charge on any atom is 0.111 e. The Morgan fingerprint density at radius 2 is 2.00 bits per heavy atom. The molecule has 4 heteroatoms. The van der Waals surface area contributed by atoms with Crippen molar-refractivity contribution in [3.63, 3.8) is 0 Å². The average Bonchev–Trinajstić information content (AvgIpc) is 2.30. The lowest BCUT2D eigenvalue weighted by Crippen LogP contribution is -1.90. The summed E-state index contributed by atoms with van der Waals surface area (Å²) in [4.78, 5) is 4.27. The first kappa shape index (κ1) is 6.27. The zero-order chi connectivity index (χ0) is 7.84. The SMILES string of the molecule is Cc1nc2cnncc2n1C. The number of hydrogen-bond donors (Lipinski definition) is 0. The van der Waals surface area contributed by atoms with Gasteiger partial charge >= 0.3 is 0 Å². The van der Waals surface area contributed by atoms with Crippen LogP contribution in [0.4, 0.5) is 0 Å². The quantitative estimate of drug-likeness (QED) is 0.551. The highest BCUT2D eigenvalue weighted by atomic mass is 15.1. The van der Waals surface area contributed by atoms with E-state index in [0.717, 1.165) is 16.9 Å². The summed E-state index contributed by atoms with van der Waals surface area (Å²) in [6.07, 6.45) is 3.39. The van der Waals surface area contributed by atoms with Crippen LogP contribution in [0.5, 0.6) is 0 Å². The van der Waals surface area contributed by atoms with Crippen LogP contribution in [-0.4, -0.2) is 19.7 Å². The Morgan fingerprint density at radius 1 is 1.27 bits per heavy atom. The zero-order valence-electron chi connectivity index (χ0n) is 6.44. The lowest BCUT2D eigenvalue weighted by molar-refractivity contribution is 0.882. The fourth-order valence-electron chi connectivity index (χ4n) is 1.08. The van der Waals surface area contributed by atoms with Gasteiger partial charge in [0.2, 0.25) is 0 Å². The van der Waals surface area contributed by atoms with Gasteiger partial charge in [-0.2, -0.15) is 10.2 Å². The van der Waals surface area contributed by atoms with Crippen molar-refractivity contribution in [1.82, 2.24) is 19.7 Å². The Kier molecular flexibility index (Phi) is 1.15. The highest BCUT2D eigenvalue weighted by Crippen LogP contribution is 2.09. The van der Waals surface area contributed by atoms with Crippen LogP contribution in [0.2, 0.25) is 0 Å². The highest BCUT2D eigenvalue weighted by Gasteiger charge is 2.01. The van der Waals surface area contributed by atoms with E-state index in [1.165, 1.54) is 0 Å². The summed E-state index contributed by atoms with van der Waals surface area (Å²) >= 11 is 0. The van der Waals surface area contributed by atoms with Gasteiger partial charge in [-0.1, -0.05) is 0 Å². The summed E-state index contributed by atoms with van der Waals surface area (Å²) in [6, 6.07) is 0. The smallest absolute Gasteiger partial charge is 0.111 e. The Labute approximate surface area is 63.9 Å². The molecule has 0 amide bonds. The van der Waals surface area contributed by atoms with Crippen LogP contribution >= 0.6 is 0 Å². The molecule has 0 atom stereocenters. The third-order valence-corrected chi connectivity index (χ3v) is 1.82. The monoisotopic (exact) mass is 148 g/mol. The maximum absolute atomic E-state index is 4.27. The number of aromatic nitrogens is 4. The molecule has 0 unspecified atom stereocenters. The summed E-state index contributed by atoms with van der Waals surface area (Å²) in [5.74, 6) is 0.981. The summed E-state index contributed by atoms with van der Waals surface area (Å²) in [6.45, 7) is 1.96. The third-order valence-electron chi connectivity index (χ3n) is 1.82. The largest absolute Gasteiger partial charge is 0.330 e. The van der Waals surface area contributed by atoms with Crippen LogP contribution in [0, 0.1) is 6.92 Å². The topological polar surface area (TPSA) is 43.6 Å². The summed E-state index contributed by atoms with van der Waals surface area (Å²) in [7, 11) is 1.96. The molecule has 0 saturated heterocycles. The van der Waals surface area contributed by atoms with Gasteiger partial charge in [0, 0.05) is 7.05 Å². The minimum Gasteiger partial charge on any atom is -0.330 e. The number of fused-ring (bicyclic) bond motifs is 1. The van der Waals surface area contributed by atoms with Crippen molar-refractivity contribution < 1.29 is 0 Å². The Bertz CT molecular complexity index is 390. The van der Waals surface area contributed by atoms with Crippen LogP contribution in [0.15, 0.2) is 12.4 Å². The Morgan fingerprint density at radius 3 is 2.73 bits per heavy atom. The van der Waals surface area contributed by atoms with Crippen LogP contribution < -0.4 is 0 Å². The van der Waals surface area contributed by atoms with Gasteiger partial charge in [-0.25, -0.2) is 4.98 Å². The van der Waals surface area contributed by atoms with Gasteiger partial charge in [-0.15, -0.1) is 0 Å². The fraction of sp³-hybridized carbons (Fsp3) is 0.286. The summed E-state index contributed by atoms with van der Waals surface area (Å²) in [5, 5.41) is 7.52. The van der Waals surface area contributed by atoms with Gasteiger partial charge in [0.05, 0.1) is 17.9 Å². The predicted molar refractivity (Wildman–Crippen MR) is 41.0 cm³/mol. The van der Waals surface area contributed by atoms with Gasteiger partial charge in [-0.3, -0.25) is 0 Å². The number of hydrogen-bond acceptors (Lipinski definition) is 3. The van der Waals surface area contributed by atoms with E-state index in [1.807, 2.05) is 18.5 Å². The van der Waals surface area contributed by atoms with Crippen LogP contribution in [0.1, 0.15) is 5.82 Å². The molecule has 0 radical (unpaired) electrons. The molecule has 0 N–H and O–H groups in total. The number of nitrogens with zero attached hydrogens (tertiary/aromatic N) is 4. The second-order valence-corrected chi connectivity index (χ2v) is 2.48. The summed E-state index contributed by atoms with van der Waals surface area (Å²) in [5.41, 5.74) is 1.93. The first-order valence-corrected chi connectivity index (χ1v) is 3.39. The summed E-state index contributed by atoms with van der Waals surface area (Å²) < 4.78 is 1.99. The first-order valence-electron chi connectivity index (χ1n) is 3.39.